The Balaban J connectivity index is 1.49. The molecule has 1 fully saturated rings. The molecule has 2 amide bonds. The second-order valence-corrected chi connectivity index (χ2v) is 8.65. The molecule has 9 nitrogen and oxygen atoms in total. The van der Waals surface area contributed by atoms with E-state index in [0.29, 0.717) is 17.9 Å². The van der Waals surface area contributed by atoms with Crippen molar-refractivity contribution < 1.29 is 14.0 Å². The minimum absolute atomic E-state index is 0.0291. The van der Waals surface area contributed by atoms with Crippen LogP contribution in [-0.4, -0.2) is 43.9 Å². The second-order valence-electron chi connectivity index (χ2n) is 8.28. The second kappa shape index (κ2) is 9.64. The molecule has 3 aromatic rings. The van der Waals surface area contributed by atoms with Gasteiger partial charge in [-0.3, -0.25) is 14.3 Å². The summed E-state index contributed by atoms with van der Waals surface area (Å²) >= 11 is 4.99. The number of unbranched alkanes of at least 4 members (excludes halogenated alkanes) is 1. The van der Waals surface area contributed by atoms with Crippen LogP contribution in [0.2, 0.25) is 0 Å². The van der Waals surface area contributed by atoms with Crippen molar-refractivity contribution in [3.8, 4) is 0 Å². The van der Waals surface area contributed by atoms with E-state index in [-0.39, 0.29) is 28.6 Å². The monoisotopic (exact) mass is 456 g/mol. The molecular weight excluding hydrogens is 428 g/mol. The van der Waals surface area contributed by atoms with Crippen LogP contribution in [0.15, 0.2) is 28.8 Å². The molecule has 0 radical (unpaired) electrons. The normalized spacial score (nSPS) is 19.2. The Labute approximate surface area is 190 Å². The lowest BCUT2D eigenvalue weighted by molar-refractivity contribution is -0.124. The van der Waals surface area contributed by atoms with Crippen LogP contribution < -0.4 is 10.6 Å². The number of amides is 2. The Morgan fingerprint density at radius 1 is 1.38 bits per heavy atom. The van der Waals surface area contributed by atoms with Crippen molar-refractivity contribution in [2.75, 3.05) is 0 Å². The van der Waals surface area contributed by atoms with Crippen LogP contribution in [-0.2, 0) is 11.8 Å². The summed E-state index contributed by atoms with van der Waals surface area (Å²) in [6.07, 6.45) is 6.65. The highest BCUT2D eigenvalue weighted by atomic mass is 32.1. The number of fused-ring (bicyclic) bond motifs is 1. The highest BCUT2D eigenvalue weighted by Crippen LogP contribution is 2.33. The van der Waals surface area contributed by atoms with E-state index >= 15 is 0 Å². The average molecular weight is 457 g/mol. The molecule has 0 unspecified atom stereocenters. The molecule has 10 heteroatoms. The zero-order valence-electron chi connectivity index (χ0n) is 18.3. The predicted octanol–water partition coefficient (Wildman–Crippen LogP) is 3.36. The summed E-state index contributed by atoms with van der Waals surface area (Å²) in [4.78, 5) is 26.5. The molecule has 0 aliphatic heterocycles. The Bertz CT molecular complexity index is 1170. The molecule has 0 spiro atoms. The first-order chi connectivity index (χ1) is 15.5. The molecule has 1 aliphatic carbocycles. The Hall–Kier alpha value is -3.01. The molecule has 32 heavy (non-hydrogen) atoms. The molecule has 3 N–H and O–H groups in total. The maximum atomic E-state index is 13.2. The lowest BCUT2D eigenvalue weighted by Crippen LogP contribution is -2.50. The van der Waals surface area contributed by atoms with Crippen LogP contribution in [0, 0.1) is 4.84 Å². The van der Waals surface area contributed by atoms with E-state index in [4.69, 9.17) is 16.6 Å². The molecule has 2 heterocycles. The van der Waals surface area contributed by atoms with Gasteiger partial charge in [-0.15, -0.1) is 5.10 Å². The Morgan fingerprint density at radius 3 is 2.97 bits per heavy atom. The fraction of sp³-hybridized carbons (Fsp3) is 0.500. The lowest BCUT2D eigenvalue weighted by atomic mass is 10.0. The largest absolute Gasteiger partial charge is 0.414 e. The number of H-pyrrole nitrogens is 1. The summed E-state index contributed by atoms with van der Waals surface area (Å²) in [6, 6.07) is 4.76. The molecule has 4 rings (SSSR count). The van der Waals surface area contributed by atoms with E-state index in [1.165, 1.54) is 0 Å². The number of carbonyl (C=O) groups excluding carboxylic acids is 2. The molecule has 0 saturated heterocycles. The van der Waals surface area contributed by atoms with Gasteiger partial charge in [0.25, 0.3) is 10.7 Å². The topological polar surface area (TPSA) is 118 Å². The van der Waals surface area contributed by atoms with E-state index in [1.807, 2.05) is 19.2 Å². The number of carbonyl (C=O) groups is 2. The minimum atomic E-state index is -0.624. The van der Waals surface area contributed by atoms with Crippen LogP contribution in [0.4, 0.5) is 0 Å². The van der Waals surface area contributed by atoms with Crippen molar-refractivity contribution >= 4 is 34.9 Å². The summed E-state index contributed by atoms with van der Waals surface area (Å²) in [7, 11) is 1.83. The number of aromatic amines is 1. The molecule has 0 bridgehead atoms. The van der Waals surface area contributed by atoms with E-state index in [9.17, 15) is 9.59 Å². The number of aryl methyl sites for hydroxylation is 1. The third kappa shape index (κ3) is 4.59. The Kier molecular flexibility index (Phi) is 6.69. The smallest absolute Gasteiger partial charge is 0.284 e. The van der Waals surface area contributed by atoms with Crippen LogP contribution in [0.5, 0.6) is 0 Å². The first kappa shape index (κ1) is 22.2. The van der Waals surface area contributed by atoms with Crippen molar-refractivity contribution in [3.05, 3.63) is 40.7 Å². The predicted molar refractivity (Wildman–Crippen MR) is 122 cm³/mol. The van der Waals surface area contributed by atoms with Crippen molar-refractivity contribution in [2.45, 2.75) is 63.5 Å². The number of nitrogens with one attached hydrogen (secondary N) is 3. The third-order valence-electron chi connectivity index (χ3n) is 6.12. The van der Waals surface area contributed by atoms with E-state index in [1.54, 1.807) is 16.9 Å². The molecule has 2 aromatic heterocycles. The lowest BCUT2D eigenvalue weighted by Gasteiger charge is -2.23. The van der Waals surface area contributed by atoms with Gasteiger partial charge in [-0.05, 0) is 43.6 Å². The first-order valence-corrected chi connectivity index (χ1v) is 11.5. The van der Waals surface area contributed by atoms with Crippen LogP contribution in [0.25, 0.3) is 10.9 Å². The highest BCUT2D eigenvalue weighted by molar-refractivity contribution is 7.71. The van der Waals surface area contributed by atoms with Crippen molar-refractivity contribution in [3.63, 3.8) is 0 Å². The van der Waals surface area contributed by atoms with E-state index < -0.39 is 6.04 Å². The highest BCUT2D eigenvalue weighted by Gasteiger charge is 2.35. The number of hydrogen-bond donors (Lipinski definition) is 3. The van der Waals surface area contributed by atoms with Gasteiger partial charge in [-0.1, -0.05) is 32.3 Å². The van der Waals surface area contributed by atoms with Gasteiger partial charge in [0.05, 0.1) is 23.2 Å². The van der Waals surface area contributed by atoms with Crippen LogP contribution in [0.1, 0.15) is 67.6 Å². The summed E-state index contributed by atoms with van der Waals surface area (Å²) in [5.74, 6) is 0.0332. The van der Waals surface area contributed by atoms with Gasteiger partial charge in [-0.2, -0.15) is 5.10 Å². The number of rotatable bonds is 8. The van der Waals surface area contributed by atoms with Crippen LogP contribution >= 0.6 is 12.2 Å². The van der Waals surface area contributed by atoms with Crippen LogP contribution in [0.3, 0.4) is 0 Å². The van der Waals surface area contributed by atoms with E-state index in [0.717, 1.165) is 43.0 Å². The SMILES string of the molecule is CCCC[C@H](NC(=O)c1cccc2c1cnn2C)C(=O)N[C@H]1CCC[C@H]1c1n[nH]c(=S)o1. The van der Waals surface area contributed by atoms with Gasteiger partial charge < -0.3 is 15.1 Å². The Morgan fingerprint density at radius 2 is 2.22 bits per heavy atom. The maximum Gasteiger partial charge on any atom is 0.284 e. The van der Waals surface area contributed by atoms with Crippen molar-refractivity contribution in [1.82, 2.24) is 30.6 Å². The summed E-state index contributed by atoms with van der Waals surface area (Å²) in [6.45, 7) is 2.06. The van der Waals surface area contributed by atoms with Gasteiger partial charge in [0, 0.05) is 18.5 Å². The molecule has 3 atom stereocenters. The quantitative estimate of drug-likeness (QED) is 0.448. The number of hydrogen-bond acceptors (Lipinski definition) is 6. The zero-order valence-corrected chi connectivity index (χ0v) is 19.1. The molecule has 1 saturated carbocycles. The first-order valence-electron chi connectivity index (χ1n) is 11.0. The standard InChI is InChI=1S/C22H28N6O3S/c1-3-4-9-17(25-19(29)13-7-6-11-18-15(13)12-23-28(18)2)20(30)24-16-10-5-8-14(16)21-26-27-22(32)31-21/h6-7,11-12,14,16-17H,3-5,8-10H2,1-2H3,(H,24,30)(H,25,29)(H,27,32)/t14-,16+,17+/m1/s1. The molecular formula is C22H28N6O3S. The van der Waals surface area contributed by atoms with Gasteiger partial charge in [0.2, 0.25) is 11.8 Å². The zero-order chi connectivity index (χ0) is 22.7. The van der Waals surface area contributed by atoms with Gasteiger partial charge >= 0.3 is 0 Å². The van der Waals surface area contributed by atoms with Gasteiger partial charge in [0.15, 0.2) is 0 Å². The summed E-state index contributed by atoms with van der Waals surface area (Å²) < 4.78 is 7.21. The van der Waals surface area contributed by atoms with Gasteiger partial charge in [-0.25, -0.2) is 5.10 Å². The summed E-state index contributed by atoms with van der Waals surface area (Å²) in [5.41, 5.74) is 1.38. The number of nitrogens with zero attached hydrogens (tertiary/aromatic N) is 3. The van der Waals surface area contributed by atoms with Crippen molar-refractivity contribution in [1.29, 1.82) is 0 Å². The average Bonchev–Trinajstić information content (AvgIpc) is 3.51. The molecule has 1 aliphatic rings. The molecule has 1 aromatic carbocycles. The maximum absolute atomic E-state index is 13.2. The number of benzene rings is 1. The number of aromatic nitrogens is 4. The summed E-state index contributed by atoms with van der Waals surface area (Å²) in [5, 5.41) is 17.9. The molecule has 170 valence electrons. The minimum Gasteiger partial charge on any atom is -0.414 e. The third-order valence-corrected chi connectivity index (χ3v) is 6.29. The van der Waals surface area contributed by atoms with Crippen molar-refractivity contribution in [2.24, 2.45) is 7.05 Å². The van der Waals surface area contributed by atoms with Gasteiger partial charge in [0.1, 0.15) is 6.04 Å². The fourth-order valence-corrected chi connectivity index (χ4v) is 4.53. The fourth-order valence-electron chi connectivity index (χ4n) is 4.40. The van der Waals surface area contributed by atoms with E-state index in [2.05, 4.69) is 32.9 Å².